The summed E-state index contributed by atoms with van der Waals surface area (Å²) in [6.45, 7) is 2.39. The van der Waals surface area contributed by atoms with E-state index in [-0.39, 0.29) is 18.4 Å². The van der Waals surface area contributed by atoms with Gasteiger partial charge in [0.05, 0.1) is 25.0 Å². The van der Waals surface area contributed by atoms with E-state index in [0.717, 1.165) is 11.1 Å². The third kappa shape index (κ3) is 5.54. The summed E-state index contributed by atoms with van der Waals surface area (Å²) in [6, 6.07) is 9.57. The van der Waals surface area contributed by atoms with E-state index in [9.17, 15) is 9.90 Å². The minimum absolute atomic E-state index is 0.0753. The number of benzene rings is 1. The van der Waals surface area contributed by atoms with Crippen molar-refractivity contribution in [2.75, 3.05) is 6.54 Å². The number of hydrogen-bond acceptors (Lipinski definition) is 3. The Morgan fingerprint density at radius 3 is 2.74 bits per heavy atom. The fourth-order valence-corrected chi connectivity index (χ4v) is 1.81. The lowest BCUT2D eigenvalue weighted by Crippen LogP contribution is -2.28. The second kappa shape index (κ2) is 8.28. The number of hydrogen-bond donors (Lipinski definition) is 2. The van der Waals surface area contributed by atoms with Crippen LogP contribution in [-0.2, 0) is 17.6 Å². The van der Waals surface area contributed by atoms with Gasteiger partial charge in [-0.05, 0) is 24.0 Å². The van der Waals surface area contributed by atoms with E-state index in [1.54, 1.807) is 0 Å². The summed E-state index contributed by atoms with van der Waals surface area (Å²) in [6.07, 6.45) is 1.51. The quantitative estimate of drug-likeness (QED) is 0.781. The normalized spacial score (nSPS) is 11.6. The second-order valence-corrected chi connectivity index (χ2v) is 4.48. The van der Waals surface area contributed by atoms with E-state index >= 15 is 0 Å². The van der Waals surface area contributed by atoms with Gasteiger partial charge in [0, 0.05) is 6.54 Å². The fourth-order valence-electron chi connectivity index (χ4n) is 1.81. The van der Waals surface area contributed by atoms with Crippen LogP contribution in [0.2, 0.25) is 0 Å². The van der Waals surface area contributed by atoms with Crippen molar-refractivity contribution in [3.63, 3.8) is 0 Å². The summed E-state index contributed by atoms with van der Waals surface area (Å²) in [7, 11) is 0. The minimum Gasteiger partial charge on any atom is -0.393 e. The fraction of sp³-hybridized carbons (Fsp3) is 0.467. The largest absolute Gasteiger partial charge is 0.393 e. The number of rotatable bonds is 7. The second-order valence-electron chi connectivity index (χ2n) is 4.48. The lowest BCUT2D eigenvalue weighted by Gasteiger charge is -2.10. The summed E-state index contributed by atoms with van der Waals surface area (Å²) in [4.78, 5) is 11.8. The molecule has 0 saturated carbocycles. The van der Waals surface area contributed by atoms with Gasteiger partial charge in [0.1, 0.15) is 0 Å². The average molecular weight is 260 g/mol. The van der Waals surface area contributed by atoms with Crippen molar-refractivity contribution in [2.24, 2.45) is 0 Å². The van der Waals surface area contributed by atoms with Gasteiger partial charge in [-0.1, -0.05) is 31.2 Å². The molecule has 0 aromatic heterocycles. The Kier molecular flexibility index (Phi) is 6.62. The number of aliphatic hydroxyl groups is 1. The predicted octanol–water partition coefficient (Wildman–Crippen LogP) is 1.57. The molecule has 1 atom stereocenters. The molecule has 0 radical (unpaired) electrons. The number of aliphatic hydroxyl groups excluding tert-OH is 1. The molecule has 4 nitrogen and oxygen atoms in total. The SMILES string of the molecule is CCC(O)CCNC(=O)Cc1ccccc1CC#N. The van der Waals surface area contributed by atoms with Gasteiger partial charge in [0.25, 0.3) is 0 Å². The maximum absolute atomic E-state index is 11.8. The summed E-state index contributed by atoms with van der Waals surface area (Å²) in [5.74, 6) is -0.0753. The van der Waals surface area contributed by atoms with Crippen LogP contribution in [0, 0.1) is 11.3 Å². The summed E-state index contributed by atoms with van der Waals surface area (Å²) in [5, 5.41) is 20.9. The van der Waals surface area contributed by atoms with Crippen LogP contribution in [0.1, 0.15) is 30.9 Å². The molecule has 0 heterocycles. The third-order valence-electron chi connectivity index (χ3n) is 3.01. The summed E-state index contributed by atoms with van der Waals surface area (Å²) >= 11 is 0. The first-order valence-electron chi connectivity index (χ1n) is 6.55. The van der Waals surface area contributed by atoms with Crippen molar-refractivity contribution in [2.45, 2.75) is 38.7 Å². The highest BCUT2D eigenvalue weighted by molar-refractivity contribution is 5.78. The lowest BCUT2D eigenvalue weighted by molar-refractivity contribution is -0.120. The first-order valence-corrected chi connectivity index (χ1v) is 6.55. The van der Waals surface area contributed by atoms with Gasteiger partial charge >= 0.3 is 0 Å². The molecule has 19 heavy (non-hydrogen) atoms. The highest BCUT2D eigenvalue weighted by Gasteiger charge is 2.08. The van der Waals surface area contributed by atoms with Crippen molar-refractivity contribution < 1.29 is 9.90 Å². The van der Waals surface area contributed by atoms with E-state index < -0.39 is 0 Å². The first-order chi connectivity index (χ1) is 9.17. The zero-order valence-electron chi connectivity index (χ0n) is 11.2. The highest BCUT2D eigenvalue weighted by atomic mass is 16.3. The van der Waals surface area contributed by atoms with E-state index in [4.69, 9.17) is 5.26 Å². The highest BCUT2D eigenvalue weighted by Crippen LogP contribution is 2.10. The van der Waals surface area contributed by atoms with Crippen LogP contribution >= 0.6 is 0 Å². The topological polar surface area (TPSA) is 73.1 Å². The van der Waals surface area contributed by atoms with Gasteiger partial charge in [-0.2, -0.15) is 5.26 Å². The molecule has 0 aliphatic rings. The maximum atomic E-state index is 11.8. The molecule has 102 valence electrons. The van der Waals surface area contributed by atoms with Gasteiger partial charge < -0.3 is 10.4 Å². The van der Waals surface area contributed by atoms with E-state index in [1.165, 1.54) is 0 Å². The van der Waals surface area contributed by atoms with Crippen LogP contribution in [0.25, 0.3) is 0 Å². The van der Waals surface area contributed by atoms with Crippen molar-refractivity contribution in [3.05, 3.63) is 35.4 Å². The Balaban J connectivity index is 2.46. The Morgan fingerprint density at radius 1 is 1.42 bits per heavy atom. The number of nitrogens with zero attached hydrogens (tertiary/aromatic N) is 1. The van der Waals surface area contributed by atoms with Crippen LogP contribution in [0.15, 0.2) is 24.3 Å². The zero-order valence-corrected chi connectivity index (χ0v) is 11.2. The Bertz CT molecular complexity index is 452. The van der Waals surface area contributed by atoms with Crippen molar-refractivity contribution in [3.8, 4) is 6.07 Å². The Labute approximate surface area is 114 Å². The van der Waals surface area contributed by atoms with Crippen LogP contribution in [0.3, 0.4) is 0 Å². The molecular weight excluding hydrogens is 240 g/mol. The molecule has 1 aromatic carbocycles. The number of amides is 1. The number of nitriles is 1. The molecule has 0 bridgehead atoms. The van der Waals surface area contributed by atoms with Crippen LogP contribution in [0.5, 0.6) is 0 Å². The maximum Gasteiger partial charge on any atom is 0.224 e. The Morgan fingerprint density at radius 2 is 2.11 bits per heavy atom. The van der Waals surface area contributed by atoms with Gasteiger partial charge in [0.2, 0.25) is 5.91 Å². The molecule has 1 amide bonds. The molecule has 0 spiro atoms. The zero-order chi connectivity index (χ0) is 14.1. The van der Waals surface area contributed by atoms with E-state index in [0.29, 0.717) is 25.8 Å². The smallest absolute Gasteiger partial charge is 0.224 e. The number of nitrogens with one attached hydrogen (secondary N) is 1. The molecule has 1 rings (SSSR count). The van der Waals surface area contributed by atoms with Gasteiger partial charge in [-0.25, -0.2) is 0 Å². The van der Waals surface area contributed by atoms with Crippen molar-refractivity contribution in [1.29, 1.82) is 5.26 Å². The van der Waals surface area contributed by atoms with Gasteiger partial charge in [0.15, 0.2) is 0 Å². The Hall–Kier alpha value is -1.86. The molecule has 0 aliphatic carbocycles. The number of carbonyl (C=O) groups excluding carboxylic acids is 1. The van der Waals surface area contributed by atoms with Crippen LogP contribution < -0.4 is 5.32 Å². The molecule has 0 aliphatic heterocycles. The molecular formula is C15H20N2O2. The van der Waals surface area contributed by atoms with Crippen molar-refractivity contribution >= 4 is 5.91 Å². The summed E-state index contributed by atoms with van der Waals surface area (Å²) in [5.41, 5.74) is 1.78. The monoisotopic (exact) mass is 260 g/mol. The molecule has 4 heteroatoms. The van der Waals surface area contributed by atoms with Crippen LogP contribution in [0.4, 0.5) is 0 Å². The molecule has 0 fully saturated rings. The number of carbonyl (C=O) groups is 1. The van der Waals surface area contributed by atoms with E-state index in [1.807, 2.05) is 31.2 Å². The molecule has 1 unspecified atom stereocenters. The van der Waals surface area contributed by atoms with Gasteiger partial charge in [-0.3, -0.25) is 4.79 Å². The first kappa shape index (κ1) is 15.2. The molecule has 2 N–H and O–H groups in total. The van der Waals surface area contributed by atoms with Gasteiger partial charge in [-0.15, -0.1) is 0 Å². The van der Waals surface area contributed by atoms with E-state index in [2.05, 4.69) is 11.4 Å². The molecule has 1 aromatic rings. The average Bonchev–Trinajstić information content (AvgIpc) is 2.41. The third-order valence-corrected chi connectivity index (χ3v) is 3.01. The minimum atomic E-state index is -0.355. The van der Waals surface area contributed by atoms with Crippen LogP contribution in [-0.4, -0.2) is 23.7 Å². The standard InChI is InChI=1S/C15H20N2O2/c1-2-14(18)8-10-17-15(19)11-13-6-4-3-5-12(13)7-9-16/h3-6,14,18H,2,7-8,10-11H2,1H3,(H,17,19). The predicted molar refractivity (Wildman–Crippen MR) is 73.4 cm³/mol. The lowest BCUT2D eigenvalue weighted by atomic mass is 10.0. The van der Waals surface area contributed by atoms with Crippen molar-refractivity contribution in [1.82, 2.24) is 5.32 Å². The molecule has 0 saturated heterocycles. The summed E-state index contributed by atoms with van der Waals surface area (Å²) < 4.78 is 0.